The molecule has 5 nitrogen and oxygen atoms in total. The second-order valence-electron chi connectivity index (χ2n) is 5.85. The van der Waals surface area contributed by atoms with E-state index in [9.17, 15) is 14.0 Å². The normalized spacial score (nSPS) is 29.1. The Kier molecular flexibility index (Phi) is 3.88. The van der Waals surface area contributed by atoms with Gasteiger partial charge < -0.3 is 15.2 Å². The van der Waals surface area contributed by atoms with Crippen LogP contribution in [0, 0.1) is 5.92 Å². The molecule has 0 saturated heterocycles. The molecule has 1 unspecified atom stereocenters. The number of hydrogen-bond acceptors (Lipinski definition) is 3. The van der Waals surface area contributed by atoms with E-state index < -0.39 is 35.3 Å². The van der Waals surface area contributed by atoms with Crippen LogP contribution in [-0.4, -0.2) is 34.5 Å². The number of alkyl carbamates (subject to hydrolysis) is 1. The number of carboxylic acid groups (broad SMARTS) is 1. The molecule has 0 aromatic rings. The minimum atomic E-state index is -1.07. The van der Waals surface area contributed by atoms with Crippen molar-refractivity contribution in [3.63, 3.8) is 0 Å². The maximum absolute atomic E-state index is 13.0. The van der Waals surface area contributed by atoms with E-state index in [1.165, 1.54) is 6.92 Å². The second kappa shape index (κ2) is 4.74. The number of rotatable bonds is 3. The van der Waals surface area contributed by atoms with Crippen LogP contribution < -0.4 is 5.32 Å². The fraction of sp³-hybridized carbons (Fsp3) is 0.833. The van der Waals surface area contributed by atoms with Crippen molar-refractivity contribution in [2.45, 2.75) is 57.8 Å². The van der Waals surface area contributed by atoms with Gasteiger partial charge in [0.25, 0.3) is 0 Å². The van der Waals surface area contributed by atoms with Gasteiger partial charge in [-0.25, -0.2) is 9.18 Å². The van der Waals surface area contributed by atoms with E-state index in [-0.39, 0.29) is 12.8 Å². The summed E-state index contributed by atoms with van der Waals surface area (Å²) >= 11 is 0. The van der Waals surface area contributed by atoms with Gasteiger partial charge >= 0.3 is 12.1 Å². The van der Waals surface area contributed by atoms with Gasteiger partial charge in [-0.3, -0.25) is 4.79 Å². The molecular formula is C12H20FNO4. The van der Waals surface area contributed by atoms with Gasteiger partial charge in [0, 0.05) is 12.8 Å². The van der Waals surface area contributed by atoms with Crippen molar-refractivity contribution in [3.05, 3.63) is 0 Å². The van der Waals surface area contributed by atoms with Crippen LogP contribution in [0.1, 0.15) is 40.5 Å². The number of carbonyl (C=O) groups is 2. The first-order chi connectivity index (χ1) is 8.06. The first kappa shape index (κ1) is 14.7. The molecule has 0 spiro atoms. The molecule has 1 aliphatic carbocycles. The number of amides is 1. The molecule has 0 aliphatic heterocycles. The third-order valence-electron chi connectivity index (χ3n) is 3.12. The largest absolute Gasteiger partial charge is 0.481 e. The minimum absolute atomic E-state index is 0.0136. The zero-order chi connectivity index (χ0) is 14.1. The van der Waals surface area contributed by atoms with Gasteiger partial charge in [-0.2, -0.15) is 0 Å². The Labute approximate surface area is 106 Å². The van der Waals surface area contributed by atoms with E-state index in [2.05, 4.69) is 5.32 Å². The standard InChI is InChI=1S/C12H20FNO4/c1-7(9(15)16)12(5-8(13)6-12)14-10(17)18-11(2,3)4/h7-8H,5-6H2,1-4H3,(H,14,17)(H,15,16). The summed E-state index contributed by atoms with van der Waals surface area (Å²) in [4.78, 5) is 22.6. The third-order valence-corrected chi connectivity index (χ3v) is 3.12. The second-order valence-corrected chi connectivity index (χ2v) is 5.85. The Morgan fingerprint density at radius 3 is 2.28 bits per heavy atom. The number of halogens is 1. The van der Waals surface area contributed by atoms with Gasteiger partial charge in [0.2, 0.25) is 0 Å². The molecular weight excluding hydrogens is 241 g/mol. The van der Waals surface area contributed by atoms with Gasteiger partial charge in [-0.15, -0.1) is 0 Å². The van der Waals surface area contributed by atoms with Crippen molar-refractivity contribution in [2.24, 2.45) is 5.92 Å². The lowest BCUT2D eigenvalue weighted by atomic mass is 9.67. The fourth-order valence-electron chi connectivity index (χ4n) is 2.04. The summed E-state index contributed by atoms with van der Waals surface area (Å²) in [6, 6.07) is 0. The molecule has 1 fully saturated rings. The Bertz CT molecular complexity index is 344. The van der Waals surface area contributed by atoms with Gasteiger partial charge in [0.1, 0.15) is 11.8 Å². The number of carbonyl (C=O) groups excluding carboxylic acids is 1. The first-order valence-electron chi connectivity index (χ1n) is 5.94. The Morgan fingerprint density at radius 2 is 1.94 bits per heavy atom. The Balaban J connectivity index is 2.70. The topological polar surface area (TPSA) is 75.6 Å². The van der Waals surface area contributed by atoms with Crippen molar-refractivity contribution < 1.29 is 23.8 Å². The summed E-state index contributed by atoms with van der Waals surface area (Å²) < 4.78 is 18.1. The number of nitrogens with one attached hydrogen (secondary N) is 1. The monoisotopic (exact) mass is 261 g/mol. The van der Waals surface area contributed by atoms with Crippen LogP contribution >= 0.6 is 0 Å². The molecule has 104 valence electrons. The molecule has 0 bridgehead atoms. The molecule has 18 heavy (non-hydrogen) atoms. The highest BCUT2D eigenvalue weighted by Gasteiger charge is 2.52. The Morgan fingerprint density at radius 1 is 1.44 bits per heavy atom. The van der Waals surface area contributed by atoms with E-state index in [4.69, 9.17) is 9.84 Å². The van der Waals surface area contributed by atoms with Gasteiger partial charge in [-0.1, -0.05) is 0 Å². The Hall–Kier alpha value is -1.33. The highest BCUT2D eigenvalue weighted by molar-refractivity contribution is 5.75. The summed E-state index contributed by atoms with van der Waals surface area (Å²) in [5.74, 6) is -1.91. The minimum Gasteiger partial charge on any atom is -0.481 e. The van der Waals surface area contributed by atoms with E-state index >= 15 is 0 Å². The predicted octanol–water partition coefficient (Wildman–Crippen LogP) is 2.10. The predicted molar refractivity (Wildman–Crippen MR) is 63.0 cm³/mol. The lowest BCUT2D eigenvalue weighted by Gasteiger charge is -2.47. The summed E-state index contributed by atoms with van der Waals surface area (Å²) in [7, 11) is 0. The van der Waals surface area contributed by atoms with Crippen molar-refractivity contribution >= 4 is 12.1 Å². The lowest BCUT2D eigenvalue weighted by molar-refractivity contribution is -0.147. The molecule has 2 N–H and O–H groups in total. The average molecular weight is 261 g/mol. The molecule has 1 aliphatic rings. The summed E-state index contributed by atoms with van der Waals surface area (Å²) in [6.07, 6.45) is -1.75. The van der Waals surface area contributed by atoms with E-state index in [1.54, 1.807) is 20.8 Å². The lowest BCUT2D eigenvalue weighted by Crippen LogP contribution is -2.64. The molecule has 0 radical (unpaired) electrons. The third kappa shape index (κ3) is 3.34. The van der Waals surface area contributed by atoms with Crippen LogP contribution in [0.15, 0.2) is 0 Å². The SMILES string of the molecule is CC(C(=O)O)C1(NC(=O)OC(C)(C)C)CC(F)C1. The van der Waals surface area contributed by atoms with E-state index in [0.717, 1.165) is 0 Å². The van der Waals surface area contributed by atoms with Gasteiger partial charge in [0.15, 0.2) is 0 Å². The van der Waals surface area contributed by atoms with Crippen molar-refractivity contribution in [1.29, 1.82) is 0 Å². The summed E-state index contributed by atoms with van der Waals surface area (Å²) in [5.41, 5.74) is -1.70. The zero-order valence-electron chi connectivity index (χ0n) is 11.1. The maximum atomic E-state index is 13.0. The van der Waals surface area contributed by atoms with E-state index in [1.807, 2.05) is 0 Å². The van der Waals surface area contributed by atoms with Gasteiger partial charge in [0.05, 0.1) is 11.5 Å². The van der Waals surface area contributed by atoms with Crippen LogP contribution in [-0.2, 0) is 9.53 Å². The fourth-order valence-corrected chi connectivity index (χ4v) is 2.04. The number of alkyl halides is 1. The highest BCUT2D eigenvalue weighted by atomic mass is 19.1. The molecule has 0 aromatic heterocycles. The molecule has 0 heterocycles. The number of hydrogen-bond donors (Lipinski definition) is 2. The average Bonchev–Trinajstić information content (AvgIpc) is 2.10. The number of aliphatic carboxylic acids is 1. The summed E-state index contributed by atoms with van der Waals surface area (Å²) in [5, 5.41) is 11.5. The quantitative estimate of drug-likeness (QED) is 0.815. The van der Waals surface area contributed by atoms with Crippen molar-refractivity contribution in [1.82, 2.24) is 5.32 Å². The molecule has 0 aromatic carbocycles. The van der Waals surface area contributed by atoms with E-state index in [0.29, 0.717) is 0 Å². The molecule has 1 rings (SSSR count). The number of ether oxygens (including phenoxy) is 1. The van der Waals surface area contributed by atoms with Crippen LogP contribution in [0.4, 0.5) is 9.18 Å². The van der Waals surface area contributed by atoms with Crippen LogP contribution in [0.5, 0.6) is 0 Å². The summed E-state index contributed by atoms with van der Waals surface area (Å²) in [6.45, 7) is 6.58. The highest BCUT2D eigenvalue weighted by Crippen LogP contribution is 2.41. The molecule has 1 saturated carbocycles. The first-order valence-corrected chi connectivity index (χ1v) is 5.94. The zero-order valence-corrected chi connectivity index (χ0v) is 11.1. The maximum Gasteiger partial charge on any atom is 0.408 e. The number of carboxylic acids is 1. The molecule has 6 heteroatoms. The van der Waals surface area contributed by atoms with Crippen LogP contribution in [0.2, 0.25) is 0 Å². The van der Waals surface area contributed by atoms with Crippen LogP contribution in [0.25, 0.3) is 0 Å². The van der Waals surface area contributed by atoms with Gasteiger partial charge in [-0.05, 0) is 27.7 Å². The van der Waals surface area contributed by atoms with Crippen LogP contribution in [0.3, 0.4) is 0 Å². The van der Waals surface area contributed by atoms with Crippen molar-refractivity contribution in [2.75, 3.05) is 0 Å². The van der Waals surface area contributed by atoms with Crippen molar-refractivity contribution in [3.8, 4) is 0 Å². The smallest absolute Gasteiger partial charge is 0.408 e. The molecule has 1 amide bonds. The molecule has 1 atom stereocenters.